The minimum atomic E-state index is -0.343. The molecule has 1 amide bonds. The molecule has 0 unspecified atom stereocenters. The maximum Gasteiger partial charge on any atom is 0.275 e. The molecule has 2 rings (SSSR count). The molecule has 1 aromatic heterocycles. The molecular formula is C12H9Cl2N3O. The van der Waals surface area contributed by atoms with Crippen LogP contribution in [0.25, 0.3) is 0 Å². The van der Waals surface area contributed by atoms with E-state index in [1.54, 1.807) is 18.2 Å². The first-order valence-electron chi connectivity index (χ1n) is 5.11. The monoisotopic (exact) mass is 281 g/mol. The van der Waals surface area contributed by atoms with Gasteiger partial charge in [-0.15, -0.1) is 0 Å². The number of carbonyl (C=O) groups excluding carboxylic acids is 1. The average molecular weight is 282 g/mol. The van der Waals surface area contributed by atoms with Crippen molar-refractivity contribution in [3.63, 3.8) is 0 Å². The van der Waals surface area contributed by atoms with Crippen LogP contribution < -0.4 is 5.32 Å². The van der Waals surface area contributed by atoms with E-state index in [1.807, 2.05) is 6.92 Å². The third kappa shape index (κ3) is 2.97. The molecule has 0 saturated heterocycles. The first kappa shape index (κ1) is 12.8. The van der Waals surface area contributed by atoms with Crippen molar-refractivity contribution in [3.8, 4) is 0 Å². The molecule has 0 aliphatic carbocycles. The second-order valence-electron chi connectivity index (χ2n) is 3.64. The summed E-state index contributed by atoms with van der Waals surface area (Å²) in [7, 11) is 0. The number of benzene rings is 1. The van der Waals surface area contributed by atoms with Crippen molar-refractivity contribution in [1.29, 1.82) is 0 Å². The molecule has 6 heteroatoms. The zero-order chi connectivity index (χ0) is 13.1. The Kier molecular flexibility index (Phi) is 3.79. The van der Waals surface area contributed by atoms with E-state index in [-0.39, 0.29) is 16.8 Å². The van der Waals surface area contributed by atoms with Crippen LogP contribution in [0.2, 0.25) is 10.2 Å². The maximum atomic E-state index is 11.9. The summed E-state index contributed by atoms with van der Waals surface area (Å²) in [5, 5.41) is 3.60. The lowest BCUT2D eigenvalue weighted by atomic mass is 10.2. The maximum absolute atomic E-state index is 11.9. The number of amides is 1. The van der Waals surface area contributed by atoms with E-state index in [0.29, 0.717) is 10.7 Å². The van der Waals surface area contributed by atoms with Crippen LogP contribution in [0.15, 0.2) is 30.6 Å². The molecular weight excluding hydrogens is 273 g/mol. The van der Waals surface area contributed by atoms with Gasteiger partial charge in [0.25, 0.3) is 5.91 Å². The van der Waals surface area contributed by atoms with Gasteiger partial charge in [0.05, 0.1) is 12.4 Å². The van der Waals surface area contributed by atoms with Crippen LogP contribution in [0, 0.1) is 6.92 Å². The predicted octanol–water partition coefficient (Wildman–Crippen LogP) is 3.34. The summed E-state index contributed by atoms with van der Waals surface area (Å²) in [5.74, 6) is -0.343. The molecule has 0 radical (unpaired) electrons. The lowest BCUT2D eigenvalue weighted by Gasteiger charge is -2.07. The van der Waals surface area contributed by atoms with E-state index in [9.17, 15) is 4.79 Å². The third-order valence-corrected chi connectivity index (χ3v) is 2.72. The highest BCUT2D eigenvalue weighted by molar-refractivity contribution is 6.30. The highest BCUT2D eigenvalue weighted by atomic mass is 35.5. The van der Waals surface area contributed by atoms with Gasteiger partial charge in [-0.25, -0.2) is 9.97 Å². The molecule has 0 aliphatic heterocycles. The zero-order valence-electron chi connectivity index (χ0n) is 9.45. The van der Waals surface area contributed by atoms with Crippen molar-refractivity contribution >= 4 is 34.8 Å². The molecule has 0 fully saturated rings. The molecule has 4 nitrogen and oxygen atoms in total. The Morgan fingerprint density at radius 3 is 2.61 bits per heavy atom. The average Bonchev–Trinajstić information content (AvgIpc) is 2.33. The van der Waals surface area contributed by atoms with Crippen LogP contribution in [-0.2, 0) is 0 Å². The summed E-state index contributed by atoms with van der Waals surface area (Å²) in [5.41, 5.74) is 1.76. The molecule has 2 aromatic rings. The molecule has 18 heavy (non-hydrogen) atoms. The quantitative estimate of drug-likeness (QED) is 0.919. The van der Waals surface area contributed by atoms with Crippen LogP contribution in [0.4, 0.5) is 5.69 Å². The molecule has 0 spiro atoms. The van der Waals surface area contributed by atoms with Crippen LogP contribution in [0.5, 0.6) is 0 Å². The third-order valence-electron chi connectivity index (χ3n) is 2.29. The van der Waals surface area contributed by atoms with E-state index < -0.39 is 0 Å². The van der Waals surface area contributed by atoms with Crippen molar-refractivity contribution in [2.24, 2.45) is 0 Å². The van der Waals surface area contributed by atoms with E-state index in [1.165, 1.54) is 12.4 Å². The minimum absolute atomic E-state index is 0.203. The van der Waals surface area contributed by atoms with Gasteiger partial charge in [-0.3, -0.25) is 4.79 Å². The molecule has 92 valence electrons. The van der Waals surface area contributed by atoms with Crippen LogP contribution in [0.3, 0.4) is 0 Å². The number of nitrogens with zero attached hydrogens (tertiary/aromatic N) is 2. The highest BCUT2D eigenvalue weighted by Crippen LogP contribution is 2.20. The number of carbonyl (C=O) groups is 1. The van der Waals surface area contributed by atoms with Crippen LogP contribution in [-0.4, -0.2) is 15.9 Å². The Hall–Kier alpha value is -1.65. The Morgan fingerprint density at radius 2 is 2.00 bits per heavy atom. The number of halogens is 2. The molecule has 0 aliphatic rings. The van der Waals surface area contributed by atoms with E-state index in [4.69, 9.17) is 23.2 Å². The summed E-state index contributed by atoms with van der Waals surface area (Å²) in [6, 6.07) is 5.21. The summed E-state index contributed by atoms with van der Waals surface area (Å²) in [6.45, 7) is 1.86. The van der Waals surface area contributed by atoms with Crippen LogP contribution in [0.1, 0.15) is 16.1 Å². The van der Waals surface area contributed by atoms with E-state index >= 15 is 0 Å². The fourth-order valence-corrected chi connectivity index (χ4v) is 1.71. The van der Waals surface area contributed by atoms with Crippen molar-refractivity contribution in [2.75, 3.05) is 5.32 Å². The van der Waals surface area contributed by atoms with Gasteiger partial charge in [0, 0.05) is 10.7 Å². The number of hydrogen-bond donors (Lipinski definition) is 1. The van der Waals surface area contributed by atoms with Gasteiger partial charge >= 0.3 is 0 Å². The highest BCUT2D eigenvalue weighted by Gasteiger charge is 2.09. The number of nitrogens with one attached hydrogen (secondary N) is 1. The van der Waals surface area contributed by atoms with E-state index in [2.05, 4.69) is 15.3 Å². The lowest BCUT2D eigenvalue weighted by molar-refractivity contribution is 0.102. The molecule has 0 saturated carbocycles. The van der Waals surface area contributed by atoms with Gasteiger partial charge in [-0.1, -0.05) is 23.2 Å². The van der Waals surface area contributed by atoms with E-state index in [0.717, 1.165) is 5.56 Å². The lowest BCUT2D eigenvalue weighted by Crippen LogP contribution is -2.14. The van der Waals surface area contributed by atoms with Gasteiger partial charge in [0.1, 0.15) is 10.8 Å². The Labute approximate surface area is 114 Å². The summed E-state index contributed by atoms with van der Waals surface area (Å²) < 4.78 is 0. The topological polar surface area (TPSA) is 54.9 Å². The van der Waals surface area contributed by atoms with Crippen molar-refractivity contribution in [1.82, 2.24) is 9.97 Å². The van der Waals surface area contributed by atoms with Gasteiger partial charge in [0.2, 0.25) is 0 Å². The number of aromatic nitrogens is 2. The van der Waals surface area contributed by atoms with Crippen molar-refractivity contribution in [2.45, 2.75) is 6.92 Å². The van der Waals surface area contributed by atoms with Crippen LogP contribution >= 0.6 is 23.2 Å². The summed E-state index contributed by atoms with van der Waals surface area (Å²) >= 11 is 11.4. The second kappa shape index (κ2) is 5.33. The molecule has 1 aromatic carbocycles. The first-order valence-corrected chi connectivity index (χ1v) is 5.87. The second-order valence-corrected chi connectivity index (χ2v) is 4.46. The Bertz CT molecular complexity index is 584. The fourth-order valence-electron chi connectivity index (χ4n) is 1.38. The first-order chi connectivity index (χ1) is 8.56. The molecule has 0 atom stereocenters. The Morgan fingerprint density at radius 1 is 1.22 bits per heavy atom. The van der Waals surface area contributed by atoms with Crippen molar-refractivity contribution in [3.05, 3.63) is 52.0 Å². The van der Waals surface area contributed by atoms with Gasteiger partial charge in [-0.05, 0) is 30.7 Å². The standard InChI is InChI=1S/C12H9Cl2N3O/c1-7-4-8(13)2-3-9(7)17-12(18)10-5-16-11(14)6-15-10/h2-6H,1H3,(H,17,18). The predicted molar refractivity (Wildman–Crippen MR) is 71.2 cm³/mol. The number of hydrogen-bond acceptors (Lipinski definition) is 3. The zero-order valence-corrected chi connectivity index (χ0v) is 11.0. The molecule has 0 bridgehead atoms. The van der Waals surface area contributed by atoms with Crippen molar-refractivity contribution < 1.29 is 4.79 Å². The van der Waals surface area contributed by atoms with Gasteiger partial charge in [0.15, 0.2) is 0 Å². The largest absolute Gasteiger partial charge is 0.320 e. The SMILES string of the molecule is Cc1cc(Cl)ccc1NC(=O)c1cnc(Cl)cn1. The molecule has 1 heterocycles. The smallest absolute Gasteiger partial charge is 0.275 e. The normalized spacial score (nSPS) is 10.2. The Balaban J connectivity index is 2.18. The summed E-state index contributed by atoms with van der Waals surface area (Å²) in [4.78, 5) is 19.6. The fraction of sp³-hybridized carbons (Fsp3) is 0.0833. The van der Waals surface area contributed by atoms with Gasteiger partial charge < -0.3 is 5.32 Å². The minimum Gasteiger partial charge on any atom is -0.320 e. The summed E-state index contributed by atoms with van der Waals surface area (Å²) in [6.07, 6.45) is 2.65. The number of anilines is 1. The molecule has 1 N–H and O–H groups in total. The number of aryl methyl sites for hydroxylation is 1. The number of rotatable bonds is 2. The van der Waals surface area contributed by atoms with Gasteiger partial charge in [-0.2, -0.15) is 0 Å².